The average molecular weight is 445 g/mol. The van der Waals surface area contributed by atoms with Crippen LogP contribution in [0.5, 0.6) is 17.2 Å². The molecule has 170 valence electrons. The van der Waals surface area contributed by atoms with E-state index in [9.17, 15) is 4.79 Å². The molecule has 0 saturated carbocycles. The van der Waals surface area contributed by atoms with Gasteiger partial charge in [-0.3, -0.25) is 4.79 Å². The third kappa shape index (κ3) is 4.59. The second kappa shape index (κ2) is 9.74. The lowest BCUT2D eigenvalue weighted by molar-refractivity contribution is 0.0948. The quantitative estimate of drug-likeness (QED) is 0.338. The first kappa shape index (κ1) is 22.5. The molecule has 0 aliphatic carbocycles. The van der Waals surface area contributed by atoms with Gasteiger partial charge in [-0.05, 0) is 30.5 Å². The zero-order valence-electron chi connectivity index (χ0n) is 18.2. The van der Waals surface area contributed by atoms with Gasteiger partial charge in [0.05, 0.1) is 33.2 Å². The van der Waals surface area contributed by atoms with E-state index in [0.29, 0.717) is 35.1 Å². The Morgan fingerprint density at radius 3 is 2.47 bits per heavy atom. The number of carbonyl (C=O) groups is 1. The van der Waals surface area contributed by atoms with Crippen LogP contribution in [0.4, 0.5) is 5.82 Å². The van der Waals surface area contributed by atoms with Gasteiger partial charge in [0.15, 0.2) is 17.2 Å². The molecule has 14 heteroatoms. The summed E-state index contributed by atoms with van der Waals surface area (Å²) in [4.78, 5) is 14.6. The largest absolute Gasteiger partial charge is 0.496 e. The Kier molecular flexibility index (Phi) is 6.84. The minimum Gasteiger partial charge on any atom is -0.496 e. The summed E-state index contributed by atoms with van der Waals surface area (Å²) in [5.41, 5.74) is 9.20. The molecule has 0 unspecified atom stereocenters. The Hall–Kier alpha value is -4.20. The van der Waals surface area contributed by atoms with Crippen molar-refractivity contribution in [3.63, 3.8) is 0 Å². The number of amides is 1. The van der Waals surface area contributed by atoms with Gasteiger partial charge >= 0.3 is 0 Å². The number of hydrogen-bond donors (Lipinski definition) is 2. The highest BCUT2D eigenvalue weighted by atomic mass is 16.6. The molecule has 0 aliphatic heterocycles. The number of hydrazone groups is 1. The summed E-state index contributed by atoms with van der Waals surface area (Å²) in [6.45, 7) is 0.315. The summed E-state index contributed by atoms with van der Waals surface area (Å²) >= 11 is 0. The van der Waals surface area contributed by atoms with Crippen LogP contribution >= 0.6 is 0 Å². The maximum atomic E-state index is 12.8. The Bertz CT molecular complexity index is 1120. The van der Waals surface area contributed by atoms with Crippen LogP contribution in [0.15, 0.2) is 21.9 Å². The fourth-order valence-electron chi connectivity index (χ4n) is 2.79. The molecule has 1 amide bonds. The van der Waals surface area contributed by atoms with Crippen LogP contribution in [-0.4, -0.2) is 77.8 Å². The van der Waals surface area contributed by atoms with Gasteiger partial charge in [0.25, 0.3) is 5.91 Å². The van der Waals surface area contributed by atoms with Crippen LogP contribution in [0.1, 0.15) is 21.7 Å². The molecule has 0 atom stereocenters. The molecule has 0 aliphatic rings. The number of anilines is 1. The summed E-state index contributed by atoms with van der Waals surface area (Å²) in [6.07, 6.45) is 1.41. The van der Waals surface area contributed by atoms with Crippen molar-refractivity contribution in [2.75, 3.05) is 41.2 Å². The van der Waals surface area contributed by atoms with Crippen molar-refractivity contribution < 1.29 is 23.6 Å². The molecule has 0 radical (unpaired) electrons. The van der Waals surface area contributed by atoms with E-state index in [4.69, 9.17) is 19.9 Å². The predicted octanol–water partition coefficient (Wildman–Crippen LogP) is 0.0838. The van der Waals surface area contributed by atoms with Gasteiger partial charge in [0.1, 0.15) is 5.75 Å². The molecule has 3 aromatic rings. The zero-order chi connectivity index (χ0) is 23.3. The van der Waals surface area contributed by atoms with E-state index >= 15 is 0 Å². The maximum Gasteiger partial charge on any atom is 0.293 e. The number of nitrogens with zero attached hydrogens (tertiary/aromatic N) is 7. The predicted molar refractivity (Wildman–Crippen MR) is 112 cm³/mol. The van der Waals surface area contributed by atoms with E-state index in [1.807, 2.05) is 19.0 Å². The number of ether oxygens (including phenoxy) is 3. The van der Waals surface area contributed by atoms with E-state index in [1.54, 1.807) is 12.1 Å². The van der Waals surface area contributed by atoms with Gasteiger partial charge in [-0.15, -0.1) is 5.10 Å². The third-order valence-electron chi connectivity index (χ3n) is 4.25. The van der Waals surface area contributed by atoms with Crippen molar-refractivity contribution in [3.8, 4) is 23.1 Å². The SMILES string of the molecule is COc1cc(OC)c(OC)cc1C=NNC(=O)c1nnn(-c2nonc2N)c1CN(C)C. The standard InChI is InChI=1S/C18H23N9O5/c1-26(2)9-11-15(21-25-27(11)17-16(19)23-32-24-17)18(28)22-20-8-10-6-13(30-4)14(31-5)7-12(10)29-3/h6-8H,9H2,1-5H3,(H2,19,23)(H,22,28). The Labute approximate surface area is 182 Å². The average Bonchev–Trinajstić information content (AvgIpc) is 3.38. The number of carbonyl (C=O) groups excluding carboxylic acids is 1. The van der Waals surface area contributed by atoms with Gasteiger partial charge in [0.2, 0.25) is 11.6 Å². The lowest BCUT2D eigenvalue weighted by Gasteiger charge is -2.12. The lowest BCUT2D eigenvalue weighted by Crippen LogP contribution is -2.23. The fourth-order valence-corrected chi connectivity index (χ4v) is 2.79. The fraction of sp³-hybridized carbons (Fsp3) is 0.333. The van der Waals surface area contributed by atoms with Gasteiger partial charge < -0.3 is 24.8 Å². The van der Waals surface area contributed by atoms with E-state index in [2.05, 4.69) is 35.8 Å². The van der Waals surface area contributed by atoms with Crippen molar-refractivity contribution in [2.24, 2.45) is 5.10 Å². The van der Waals surface area contributed by atoms with E-state index in [0.717, 1.165) is 0 Å². The lowest BCUT2D eigenvalue weighted by atomic mass is 10.2. The van der Waals surface area contributed by atoms with Gasteiger partial charge in [-0.25, -0.2) is 10.1 Å². The summed E-state index contributed by atoms with van der Waals surface area (Å²) in [5.74, 6) is 1.02. The number of hydrogen-bond acceptors (Lipinski definition) is 12. The van der Waals surface area contributed by atoms with Crippen LogP contribution in [-0.2, 0) is 6.54 Å². The number of nitrogen functional groups attached to an aromatic ring is 1. The van der Waals surface area contributed by atoms with Crippen molar-refractivity contribution >= 4 is 17.9 Å². The van der Waals surface area contributed by atoms with Gasteiger partial charge in [-0.2, -0.15) is 9.78 Å². The van der Waals surface area contributed by atoms with Crippen LogP contribution in [0.2, 0.25) is 0 Å². The smallest absolute Gasteiger partial charge is 0.293 e. The molecule has 0 bridgehead atoms. The van der Waals surface area contributed by atoms with Crippen LogP contribution in [0.3, 0.4) is 0 Å². The monoisotopic (exact) mass is 445 g/mol. The number of rotatable bonds is 9. The van der Waals surface area contributed by atoms with Crippen LogP contribution in [0, 0.1) is 0 Å². The zero-order valence-corrected chi connectivity index (χ0v) is 18.2. The molecule has 0 saturated heterocycles. The second-order valence-electron chi connectivity index (χ2n) is 6.66. The van der Waals surface area contributed by atoms with E-state index in [-0.39, 0.29) is 17.3 Å². The number of nitrogens with one attached hydrogen (secondary N) is 1. The molecular formula is C18H23N9O5. The van der Waals surface area contributed by atoms with Crippen LogP contribution < -0.4 is 25.4 Å². The highest BCUT2D eigenvalue weighted by molar-refractivity contribution is 5.94. The summed E-state index contributed by atoms with van der Waals surface area (Å²) in [7, 11) is 8.19. The Morgan fingerprint density at radius 2 is 1.88 bits per heavy atom. The topological polar surface area (TPSA) is 168 Å². The first-order valence-electron chi connectivity index (χ1n) is 9.20. The Balaban J connectivity index is 1.86. The minimum absolute atomic E-state index is 0.0143. The highest BCUT2D eigenvalue weighted by Gasteiger charge is 2.24. The molecule has 2 aromatic heterocycles. The molecule has 2 heterocycles. The molecule has 1 aromatic carbocycles. The summed E-state index contributed by atoms with van der Waals surface area (Å²) < 4.78 is 21.8. The molecule has 32 heavy (non-hydrogen) atoms. The third-order valence-corrected chi connectivity index (χ3v) is 4.25. The number of benzene rings is 1. The Morgan fingerprint density at radius 1 is 1.19 bits per heavy atom. The minimum atomic E-state index is -0.584. The normalized spacial score (nSPS) is 11.2. The molecule has 0 fully saturated rings. The molecule has 0 spiro atoms. The number of methoxy groups -OCH3 is 3. The van der Waals surface area contributed by atoms with Crippen molar-refractivity contribution in [1.29, 1.82) is 0 Å². The first-order valence-corrected chi connectivity index (χ1v) is 9.20. The molecule has 3 rings (SSSR count). The van der Waals surface area contributed by atoms with Crippen molar-refractivity contribution in [1.82, 2.24) is 35.6 Å². The van der Waals surface area contributed by atoms with Gasteiger partial charge in [-0.1, -0.05) is 5.21 Å². The maximum absolute atomic E-state index is 12.8. The highest BCUT2D eigenvalue weighted by Crippen LogP contribution is 2.33. The number of nitrogens with two attached hydrogens (primary N) is 1. The summed E-state index contributed by atoms with van der Waals surface area (Å²) in [6, 6.07) is 3.32. The van der Waals surface area contributed by atoms with Gasteiger partial charge in [0, 0.05) is 18.2 Å². The molecule has 3 N–H and O–H groups in total. The summed E-state index contributed by atoms with van der Waals surface area (Å²) in [5, 5.41) is 19.2. The first-order chi connectivity index (χ1) is 15.4. The molecule has 14 nitrogen and oxygen atoms in total. The van der Waals surface area contributed by atoms with Crippen LogP contribution in [0.25, 0.3) is 5.82 Å². The van der Waals surface area contributed by atoms with Crippen molar-refractivity contribution in [3.05, 3.63) is 29.1 Å². The van der Waals surface area contributed by atoms with Crippen molar-refractivity contribution in [2.45, 2.75) is 6.54 Å². The number of aromatic nitrogens is 5. The van der Waals surface area contributed by atoms with E-state index < -0.39 is 5.91 Å². The molecular weight excluding hydrogens is 422 g/mol. The van der Waals surface area contributed by atoms with E-state index in [1.165, 1.54) is 32.2 Å². The second-order valence-corrected chi connectivity index (χ2v) is 6.66.